The summed E-state index contributed by atoms with van der Waals surface area (Å²) in [7, 11) is 3.26. The maximum atomic E-state index is 13.7. The average molecular weight is 235 g/mol. The summed E-state index contributed by atoms with van der Waals surface area (Å²) in [6.45, 7) is 0.474. The van der Waals surface area contributed by atoms with Gasteiger partial charge in [-0.05, 0) is 13.1 Å². The predicted octanol–water partition coefficient (Wildman–Crippen LogP) is 0.875. The van der Waals surface area contributed by atoms with E-state index in [-0.39, 0.29) is 24.6 Å². The number of nitrogens with zero attached hydrogens (tertiary/aromatic N) is 2. The highest BCUT2D eigenvalue weighted by molar-refractivity contribution is 5.77. The number of nitriles is 1. The molecule has 1 aromatic rings. The molecule has 0 aliphatic carbocycles. The number of benzene rings is 1. The zero-order valence-corrected chi connectivity index (χ0v) is 9.83. The fourth-order valence-corrected chi connectivity index (χ4v) is 1.46. The molecule has 0 bridgehead atoms. The van der Waals surface area contributed by atoms with Crippen LogP contribution in [0.4, 0.5) is 4.39 Å². The van der Waals surface area contributed by atoms with Crippen molar-refractivity contribution in [3.63, 3.8) is 0 Å². The Morgan fingerprint density at radius 2 is 2.29 bits per heavy atom. The molecule has 0 unspecified atom stereocenters. The summed E-state index contributed by atoms with van der Waals surface area (Å²) >= 11 is 0. The summed E-state index contributed by atoms with van der Waals surface area (Å²) in [5.41, 5.74) is 0.436. The third kappa shape index (κ3) is 3.54. The molecule has 0 heterocycles. The van der Waals surface area contributed by atoms with Crippen molar-refractivity contribution in [3.8, 4) is 6.07 Å². The van der Waals surface area contributed by atoms with Crippen LogP contribution in [0.5, 0.6) is 0 Å². The summed E-state index contributed by atoms with van der Waals surface area (Å²) in [6, 6.07) is 6.45. The van der Waals surface area contributed by atoms with Gasteiger partial charge in [0.15, 0.2) is 0 Å². The number of carbonyl (C=O) groups is 1. The Morgan fingerprint density at radius 1 is 1.59 bits per heavy atom. The van der Waals surface area contributed by atoms with Crippen molar-refractivity contribution < 1.29 is 9.18 Å². The van der Waals surface area contributed by atoms with E-state index in [1.54, 1.807) is 37.2 Å². The van der Waals surface area contributed by atoms with Crippen molar-refractivity contribution in [2.75, 3.05) is 20.6 Å². The van der Waals surface area contributed by atoms with Crippen molar-refractivity contribution in [2.45, 2.75) is 6.54 Å². The molecular weight excluding hydrogens is 221 g/mol. The summed E-state index contributed by atoms with van der Waals surface area (Å²) in [4.78, 5) is 12.8. The van der Waals surface area contributed by atoms with Gasteiger partial charge in [0.05, 0.1) is 12.1 Å². The number of likely N-dealkylation sites (N-methyl/N-ethyl adjacent to an activating group) is 2. The molecule has 1 N–H and O–H groups in total. The molecule has 0 aliphatic heterocycles. The minimum atomic E-state index is -0.515. The molecule has 0 saturated carbocycles. The van der Waals surface area contributed by atoms with Crippen LogP contribution in [0.3, 0.4) is 0 Å². The maximum Gasteiger partial charge on any atom is 0.233 e. The van der Waals surface area contributed by atoms with Gasteiger partial charge in [-0.3, -0.25) is 9.69 Å². The molecule has 0 aliphatic rings. The molecule has 1 aromatic carbocycles. The molecule has 90 valence electrons. The molecule has 0 aromatic heterocycles. The Kier molecular flexibility index (Phi) is 4.61. The van der Waals surface area contributed by atoms with E-state index in [2.05, 4.69) is 5.32 Å². The van der Waals surface area contributed by atoms with Crippen LogP contribution in [0.15, 0.2) is 18.2 Å². The minimum Gasteiger partial charge on any atom is -0.358 e. The van der Waals surface area contributed by atoms with Crippen LogP contribution < -0.4 is 5.32 Å². The highest BCUT2D eigenvalue weighted by Gasteiger charge is 2.11. The van der Waals surface area contributed by atoms with Gasteiger partial charge in [-0.25, -0.2) is 4.39 Å². The van der Waals surface area contributed by atoms with Gasteiger partial charge in [-0.15, -0.1) is 0 Å². The second kappa shape index (κ2) is 5.97. The lowest BCUT2D eigenvalue weighted by molar-refractivity contribution is -0.121. The smallest absolute Gasteiger partial charge is 0.233 e. The van der Waals surface area contributed by atoms with Crippen molar-refractivity contribution in [3.05, 3.63) is 35.1 Å². The Bertz CT molecular complexity index is 454. The second-order valence-corrected chi connectivity index (χ2v) is 3.74. The lowest BCUT2D eigenvalue weighted by Crippen LogP contribution is -2.32. The van der Waals surface area contributed by atoms with Crippen LogP contribution in [0.25, 0.3) is 0 Å². The zero-order valence-electron chi connectivity index (χ0n) is 9.83. The van der Waals surface area contributed by atoms with E-state index in [0.29, 0.717) is 5.56 Å². The number of halogens is 1. The Morgan fingerprint density at radius 3 is 2.88 bits per heavy atom. The number of hydrogen-bond donors (Lipinski definition) is 1. The molecule has 5 heteroatoms. The third-order valence-electron chi connectivity index (χ3n) is 2.33. The molecular formula is C12H14FN3O. The van der Waals surface area contributed by atoms with Gasteiger partial charge in [-0.1, -0.05) is 12.1 Å². The molecule has 0 fully saturated rings. The van der Waals surface area contributed by atoms with E-state index in [9.17, 15) is 9.18 Å². The number of nitrogens with one attached hydrogen (secondary N) is 1. The van der Waals surface area contributed by atoms with E-state index in [0.717, 1.165) is 0 Å². The van der Waals surface area contributed by atoms with Crippen LogP contribution in [0, 0.1) is 17.1 Å². The van der Waals surface area contributed by atoms with Crippen molar-refractivity contribution in [1.82, 2.24) is 10.2 Å². The van der Waals surface area contributed by atoms with Gasteiger partial charge in [-0.2, -0.15) is 5.26 Å². The number of hydrogen-bond acceptors (Lipinski definition) is 3. The van der Waals surface area contributed by atoms with E-state index < -0.39 is 5.82 Å². The average Bonchev–Trinajstić information content (AvgIpc) is 2.31. The highest BCUT2D eigenvalue weighted by Crippen LogP contribution is 2.13. The number of amides is 1. The standard InChI is InChI=1S/C12H14FN3O/c1-15-11(17)8-16(2)7-10-5-3-4-9(6-14)12(10)13/h3-5H,7-8H2,1-2H3,(H,15,17). The van der Waals surface area contributed by atoms with Crippen LogP contribution in [0.2, 0.25) is 0 Å². The Balaban J connectivity index is 2.75. The fraction of sp³-hybridized carbons (Fsp3) is 0.333. The van der Waals surface area contributed by atoms with E-state index in [1.807, 2.05) is 0 Å². The first-order valence-corrected chi connectivity index (χ1v) is 5.15. The molecule has 1 amide bonds. The lowest BCUT2D eigenvalue weighted by atomic mass is 10.1. The maximum absolute atomic E-state index is 13.7. The van der Waals surface area contributed by atoms with Crippen molar-refractivity contribution >= 4 is 5.91 Å². The van der Waals surface area contributed by atoms with Gasteiger partial charge in [0.1, 0.15) is 11.9 Å². The Hall–Kier alpha value is -1.93. The fourth-order valence-electron chi connectivity index (χ4n) is 1.46. The summed E-state index contributed by atoms with van der Waals surface area (Å²) in [6.07, 6.45) is 0. The summed E-state index contributed by atoms with van der Waals surface area (Å²) in [5.74, 6) is -0.650. The third-order valence-corrected chi connectivity index (χ3v) is 2.33. The lowest BCUT2D eigenvalue weighted by Gasteiger charge is -2.16. The zero-order chi connectivity index (χ0) is 12.8. The van der Waals surface area contributed by atoms with Gasteiger partial charge in [0.25, 0.3) is 0 Å². The highest BCUT2D eigenvalue weighted by atomic mass is 19.1. The van der Waals surface area contributed by atoms with E-state index in [4.69, 9.17) is 5.26 Å². The van der Waals surface area contributed by atoms with Crippen LogP contribution >= 0.6 is 0 Å². The second-order valence-electron chi connectivity index (χ2n) is 3.74. The van der Waals surface area contributed by atoms with E-state index in [1.165, 1.54) is 6.07 Å². The van der Waals surface area contributed by atoms with Crippen LogP contribution in [0.1, 0.15) is 11.1 Å². The summed E-state index contributed by atoms with van der Waals surface area (Å²) < 4.78 is 13.7. The molecule has 0 spiro atoms. The van der Waals surface area contributed by atoms with Gasteiger partial charge in [0, 0.05) is 19.2 Å². The molecule has 0 saturated heterocycles. The van der Waals surface area contributed by atoms with Gasteiger partial charge < -0.3 is 5.32 Å². The molecule has 1 rings (SSSR count). The number of carbonyl (C=O) groups excluding carboxylic acids is 1. The molecule has 0 radical (unpaired) electrons. The molecule has 4 nitrogen and oxygen atoms in total. The van der Waals surface area contributed by atoms with Crippen molar-refractivity contribution in [1.29, 1.82) is 5.26 Å². The van der Waals surface area contributed by atoms with Gasteiger partial charge in [0.2, 0.25) is 5.91 Å². The summed E-state index contributed by atoms with van der Waals surface area (Å²) in [5, 5.41) is 11.2. The van der Waals surface area contributed by atoms with Crippen LogP contribution in [-0.4, -0.2) is 31.4 Å². The van der Waals surface area contributed by atoms with Crippen LogP contribution in [-0.2, 0) is 11.3 Å². The first-order valence-electron chi connectivity index (χ1n) is 5.15. The SMILES string of the molecule is CNC(=O)CN(C)Cc1cccc(C#N)c1F. The van der Waals surface area contributed by atoms with Crippen molar-refractivity contribution in [2.24, 2.45) is 0 Å². The quantitative estimate of drug-likeness (QED) is 0.842. The normalized spacial score (nSPS) is 10.1. The Labute approximate surface area is 99.7 Å². The van der Waals surface area contributed by atoms with E-state index >= 15 is 0 Å². The number of rotatable bonds is 4. The molecule has 0 atom stereocenters. The monoisotopic (exact) mass is 235 g/mol. The predicted molar refractivity (Wildman–Crippen MR) is 61.5 cm³/mol. The van der Waals surface area contributed by atoms with Gasteiger partial charge >= 0.3 is 0 Å². The topological polar surface area (TPSA) is 56.1 Å². The largest absolute Gasteiger partial charge is 0.358 e. The first-order chi connectivity index (χ1) is 8.08. The first kappa shape index (κ1) is 13.1. The minimum absolute atomic E-state index is 0.0239. The molecule has 17 heavy (non-hydrogen) atoms.